The van der Waals surface area contributed by atoms with Crippen LogP contribution in [0.1, 0.15) is 50.6 Å². The SMILES string of the molecule is CCC(NCC1CCCC1)c1ccccc1F. The van der Waals surface area contributed by atoms with Gasteiger partial charge in [-0.2, -0.15) is 0 Å². The summed E-state index contributed by atoms with van der Waals surface area (Å²) < 4.78 is 13.7. The lowest BCUT2D eigenvalue weighted by molar-refractivity contribution is 0.421. The number of hydrogen-bond donors (Lipinski definition) is 1. The Balaban J connectivity index is 1.94. The van der Waals surface area contributed by atoms with Crippen LogP contribution in [0.4, 0.5) is 4.39 Å². The van der Waals surface area contributed by atoms with Crippen molar-refractivity contribution in [2.75, 3.05) is 6.54 Å². The molecule has 1 atom stereocenters. The molecule has 1 fully saturated rings. The first-order chi connectivity index (χ1) is 8.31. The zero-order valence-corrected chi connectivity index (χ0v) is 10.6. The molecule has 0 saturated heterocycles. The minimum absolute atomic E-state index is 0.0849. The van der Waals surface area contributed by atoms with E-state index in [0.717, 1.165) is 24.4 Å². The Labute approximate surface area is 103 Å². The lowest BCUT2D eigenvalue weighted by Crippen LogP contribution is -2.26. The molecule has 0 heterocycles. The van der Waals surface area contributed by atoms with Gasteiger partial charge in [0.25, 0.3) is 0 Å². The molecule has 0 radical (unpaired) electrons. The van der Waals surface area contributed by atoms with E-state index in [1.807, 2.05) is 12.1 Å². The summed E-state index contributed by atoms with van der Waals surface area (Å²) in [5.74, 6) is 0.717. The molecule has 94 valence electrons. The molecule has 2 heteroatoms. The molecule has 0 aliphatic heterocycles. The Hall–Kier alpha value is -0.890. The Morgan fingerprint density at radius 1 is 1.29 bits per heavy atom. The van der Waals surface area contributed by atoms with E-state index in [1.54, 1.807) is 12.1 Å². The predicted octanol–water partition coefficient (Wildman–Crippen LogP) is 4.06. The van der Waals surface area contributed by atoms with Gasteiger partial charge in [-0.1, -0.05) is 38.0 Å². The average Bonchev–Trinajstić information content (AvgIpc) is 2.85. The van der Waals surface area contributed by atoms with Gasteiger partial charge in [-0.25, -0.2) is 4.39 Å². The maximum atomic E-state index is 13.7. The summed E-state index contributed by atoms with van der Waals surface area (Å²) in [6, 6.07) is 7.28. The summed E-state index contributed by atoms with van der Waals surface area (Å²) in [7, 11) is 0. The fourth-order valence-corrected chi connectivity index (χ4v) is 2.76. The van der Waals surface area contributed by atoms with Crippen LogP contribution < -0.4 is 5.32 Å². The molecule has 1 aliphatic rings. The Morgan fingerprint density at radius 2 is 2.00 bits per heavy atom. The van der Waals surface area contributed by atoms with E-state index in [2.05, 4.69) is 12.2 Å². The van der Waals surface area contributed by atoms with Gasteiger partial charge in [0.15, 0.2) is 0 Å². The van der Waals surface area contributed by atoms with Crippen molar-refractivity contribution in [2.24, 2.45) is 5.92 Å². The fourth-order valence-electron chi connectivity index (χ4n) is 2.76. The van der Waals surface area contributed by atoms with Crippen LogP contribution in [0.15, 0.2) is 24.3 Å². The van der Waals surface area contributed by atoms with Crippen molar-refractivity contribution < 1.29 is 4.39 Å². The van der Waals surface area contributed by atoms with Gasteiger partial charge in [-0.05, 0) is 37.8 Å². The molecule has 1 aromatic rings. The number of nitrogens with one attached hydrogen (secondary N) is 1. The largest absolute Gasteiger partial charge is 0.310 e. The third-order valence-corrected chi connectivity index (χ3v) is 3.82. The molecule has 0 aromatic heterocycles. The van der Waals surface area contributed by atoms with Crippen LogP contribution >= 0.6 is 0 Å². The lowest BCUT2D eigenvalue weighted by Gasteiger charge is -2.20. The van der Waals surface area contributed by atoms with Crippen molar-refractivity contribution >= 4 is 0 Å². The topological polar surface area (TPSA) is 12.0 Å². The third-order valence-electron chi connectivity index (χ3n) is 3.82. The normalized spacial score (nSPS) is 18.5. The van der Waals surface area contributed by atoms with E-state index < -0.39 is 0 Å². The summed E-state index contributed by atoms with van der Waals surface area (Å²) in [6.45, 7) is 3.14. The zero-order chi connectivity index (χ0) is 12.1. The second-order valence-corrected chi connectivity index (χ2v) is 5.04. The summed E-state index contributed by atoms with van der Waals surface area (Å²) in [4.78, 5) is 0. The van der Waals surface area contributed by atoms with Crippen LogP contribution in [0.2, 0.25) is 0 Å². The molecule has 1 saturated carbocycles. The second-order valence-electron chi connectivity index (χ2n) is 5.04. The first-order valence-corrected chi connectivity index (χ1v) is 6.79. The molecule has 0 amide bonds. The molecule has 1 N–H and O–H groups in total. The van der Waals surface area contributed by atoms with E-state index in [-0.39, 0.29) is 11.9 Å². The van der Waals surface area contributed by atoms with Crippen molar-refractivity contribution in [3.63, 3.8) is 0 Å². The van der Waals surface area contributed by atoms with Gasteiger partial charge >= 0.3 is 0 Å². The van der Waals surface area contributed by atoms with Gasteiger partial charge in [0.1, 0.15) is 5.82 Å². The second kappa shape index (κ2) is 6.15. The quantitative estimate of drug-likeness (QED) is 0.811. The maximum absolute atomic E-state index is 13.7. The lowest BCUT2D eigenvalue weighted by atomic mass is 10.0. The minimum atomic E-state index is -0.0849. The van der Waals surface area contributed by atoms with Crippen molar-refractivity contribution in [1.82, 2.24) is 5.32 Å². The van der Waals surface area contributed by atoms with Gasteiger partial charge in [-0.15, -0.1) is 0 Å². The molecule has 1 aromatic carbocycles. The van der Waals surface area contributed by atoms with Gasteiger partial charge in [-0.3, -0.25) is 0 Å². The Morgan fingerprint density at radius 3 is 2.65 bits per heavy atom. The summed E-state index contributed by atoms with van der Waals surface area (Å²) in [6.07, 6.45) is 6.33. The maximum Gasteiger partial charge on any atom is 0.127 e. The van der Waals surface area contributed by atoms with Crippen molar-refractivity contribution in [1.29, 1.82) is 0 Å². The van der Waals surface area contributed by atoms with Crippen molar-refractivity contribution in [2.45, 2.75) is 45.1 Å². The number of rotatable bonds is 5. The van der Waals surface area contributed by atoms with E-state index in [0.29, 0.717) is 0 Å². The fraction of sp³-hybridized carbons (Fsp3) is 0.600. The summed E-state index contributed by atoms with van der Waals surface area (Å²) >= 11 is 0. The molecule has 1 aliphatic carbocycles. The van der Waals surface area contributed by atoms with Crippen molar-refractivity contribution in [3.8, 4) is 0 Å². The Bertz CT molecular complexity index is 345. The molecule has 17 heavy (non-hydrogen) atoms. The number of hydrogen-bond acceptors (Lipinski definition) is 1. The van der Waals surface area contributed by atoms with Crippen LogP contribution in [0, 0.1) is 11.7 Å². The molecule has 2 rings (SSSR count). The van der Waals surface area contributed by atoms with Gasteiger partial charge in [0, 0.05) is 11.6 Å². The van der Waals surface area contributed by atoms with E-state index in [1.165, 1.54) is 25.7 Å². The average molecular weight is 235 g/mol. The highest BCUT2D eigenvalue weighted by Crippen LogP contribution is 2.26. The van der Waals surface area contributed by atoms with E-state index in [9.17, 15) is 4.39 Å². The molecule has 1 unspecified atom stereocenters. The van der Waals surface area contributed by atoms with Crippen LogP contribution in [-0.2, 0) is 0 Å². The van der Waals surface area contributed by atoms with Gasteiger partial charge in [0.2, 0.25) is 0 Å². The monoisotopic (exact) mass is 235 g/mol. The highest BCUT2D eigenvalue weighted by Gasteiger charge is 2.18. The highest BCUT2D eigenvalue weighted by atomic mass is 19.1. The van der Waals surface area contributed by atoms with Crippen LogP contribution in [-0.4, -0.2) is 6.54 Å². The highest BCUT2D eigenvalue weighted by molar-refractivity contribution is 5.21. The summed E-state index contributed by atoms with van der Waals surface area (Å²) in [5.41, 5.74) is 0.813. The van der Waals surface area contributed by atoms with Gasteiger partial charge in [0.05, 0.1) is 0 Å². The first-order valence-electron chi connectivity index (χ1n) is 6.79. The molecule has 1 nitrogen and oxygen atoms in total. The molecular formula is C15H22FN. The van der Waals surface area contributed by atoms with Crippen LogP contribution in [0.5, 0.6) is 0 Å². The number of benzene rings is 1. The molecule has 0 spiro atoms. The smallest absolute Gasteiger partial charge is 0.127 e. The third kappa shape index (κ3) is 3.29. The Kier molecular flexibility index (Phi) is 4.55. The minimum Gasteiger partial charge on any atom is -0.310 e. The standard InChI is InChI=1S/C15H22FN/c1-2-15(13-9-5-6-10-14(13)16)17-11-12-7-3-4-8-12/h5-6,9-10,12,15,17H,2-4,7-8,11H2,1H3. The van der Waals surface area contributed by atoms with Crippen LogP contribution in [0.25, 0.3) is 0 Å². The molecule has 0 bridgehead atoms. The van der Waals surface area contributed by atoms with Crippen LogP contribution in [0.3, 0.4) is 0 Å². The summed E-state index contributed by atoms with van der Waals surface area (Å²) in [5, 5.41) is 3.53. The predicted molar refractivity (Wildman–Crippen MR) is 69.4 cm³/mol. The van der Waals surface area contributed by atoms with E-state index in [4.69, 9.17) is 0 Å². The van der Waals surface area contributed by atoms with Crippen molar-refractivity contribution in [3.05, 3.63) is 35.6 Å². The van der Waals surface area contributed by atoms with E-state index >= 15 is 0 Å². The molecular weight excluding hydrogens is 213 g/mol. The first kappa shape index (κ1) is 12.6. The zero-order valence-electron chi connectivity index (χ0n) is 10.6. The van der Waals surface area contributed by atoms with Gasteiger partial charge < -0.3 is 5.32 Å². The number of halogens is 1.